The number of ether oxygens (including phenoxy) is 1. The number of halogens is 1. The van der Waals surface area contributed by atoms with E-state index in [4.69, 9.17) is 11.6 Å². The average molecular weight is 269 g/mol. The zero-order chi connectivity index (χ0) is 12.4. The lowest BCUT2D eigenvalue weighted by atomic mass is 10.0. The Kier molecular flexibility index (Phi) is 5.21. The molecule has 0 heterocycles. The van der Waals surface area contributed by atoms with Gasteiger partial charge in [-0.3, -0.25) is 4.79 Å². The zero-order valence-corrected chi connectivity index (χ0v) is 11.0. The molecule has 0 amide bonds. The summed E-state index contributed by atoms with van der Waals surface area (Å²) in [4.78, 5) is 11.3. The van der Waals surface area contributed by atoms with Crippen LogP contribution in [0.3, 0.4) is 0 Å². The van der Waals surface area contributed by atoms with Gasteiger partial charge in [0.1, 0.15) is 0 Å². The fourth-order valence-electron chi connectivity index (χ4n) is 2.44. The molecule has 0 saturated heterocycles. The van der Waals surface area contributed by atoms with Gasteiger partial charge in [-0.1, -0.05) is 38.4 Å². The maximum atomic E-state index is 11.3. The smallest absolute Gasteiger partial charge is 0.310 e. The summed E-state index contributed by atoms with van der Waals surface area (Å²) in [7, 11) is 1.40. The molecule has 18 heavy (non-hydrogen) atoms. The fraction of sp³-hybridized carbons (Fsp3) is 0.533. The molecule has 2 rings (SSSR count). The Labute approximate surface area is 114 Å². The van der Waals surface area contributed by atoms with Crippen molar-refractivity contribution in [1.82, 2.24) is 0 Å². The van der Waals surface area contributed by atoms with Crippen LogP contribution in [0.25, 0.3) is 0 Å². The topological polar surface area (TPSA) is 26.3 Å². The Morgan fingerprint density at radius 1 is 1.39 bits per heavy atom. The molecule has 100 valence electrons. The van der Waals surface area contributed by atoms with Gasteiger partial charge in [-0.05, 0) is 41.5 Å². The van der Waals surface area contributed by atoms with E-state index in [1.54, 1.807) is 0 Å². The van der Waals surface area contributed by atoms with E-state index in [2.05, 4.69) is 17.7 Å². The highest BCUT2D eigenvalue weighted by molar-refractivity contribution is 6.31. The predicted octanol–water partition coefficient (Wildman–Crippen LogP) is 3.82. The Bertz CT molecular complexity index is 440. The van der Waals surface area contributed by atoms with Crippen molar-refractivity contribution in [2.45, 2.75) is 40.0 Å². The largest absolute Gasteiger partial charge is 0.469 e. The van der Waals surface area contributed by atoms with Crippen molar-refractivity contribution < 1.29 is 9.53 Å². The maximum Gasteiger partial charge on any atom is 0.310 e. The molecule has 0 aliphatic heterocycles. The van der Waals surface area contributed by atoms with Crippen LogP contribution in [0.15, 0.2) is 12.1 Å². The van der Waals surface area contributed by atoms with Crippen molar-refractivity contribution in [2.75, 3.05) is 7.11 Å². The SMILES string of the molecule is C.CCC1Cc2cc(Cl)c(CC(=O)OC)cc2C1. The molecule has 0 spiro atoms. The summed E-state index contributed by atoms with van der Waals surface area (Å²) in [6.45, 7) is 2.22. The van der Waals surface area contributed by atoms with E-state index in [-0.39, 0.29) is 19.8 Å². The van der Waals surface area contributed by atoms with Gasteiger partial charge < -0.3 is 4.74 Å². The van der Waals surface area contributed by atoms with Crippen LogP contribution < -0.4 is 0 Å². The van der Waals surface area contributed by atoms with Gasteiger partial charge in [-0.25, -0.2) is 0 Å². The second kappa shape index (κ2) is 6.24. The number of esters is 1. The number of hydrogen-bond donors (Lipinski definition) is 0. The van der Waals surface area contributed by atoms with Gasteiger partial charge in [0, 0.05) is 5.02 Å². The Hall–Kier alpha value is -1.02. The fourth-order valence-corrected chi connectivity index (χ4v) is 2.69. The second-order valence-electron chi connectivity index (χ2n) is 4.65. The van der Waals surface area contributed by atoms with E-state index < -0.39 is 0 Å². The zero-order valence-electron chi connectivity index (χ0n) is 10.3. The van der Waals surface area contributed by atoms with Crippen molar-refractivity contribution in [3.8, 4) is 0 Å². The molecule has 0 N–H and O–H groups in total. The van der Waals surface area contributed by atoms with E-state index in [1.165, 1.54) is 24.7 Å². The number of fused-ring (bicyclic) bond motifs is 1. The van der Waals surface area contributed by atoms with Gasteiger partial charge in [-0.15, -0.1) is 0 Å². The number of benzene rings is 1. The van der Waals surface area contributed by atoms with Gasteiger partial charge in [0.05, 0.1) is 13.5 Å². The highest BCUT2D eigenvalue weighted by Crippen LogP contribution is 2.33. The van der Waals surface area contributed by atoms with Crippen molar-refractivity contribution in [3.63, 3.8) is 0 Å². The number of methoxy groups -OCH3 is 1. The molecular formula is C15H21ClO2. The van der Waals surface area contributed by atoms with Crippen LogP contribution in [0.4, 0.5) is 0 Å². The third kappa shape index (κ3) is 3.05. The molecule has 1 unspecified atom stereocenters. The van der Waals surface area contributed by atoms with Gasteiger partial charge >= 0.3 is 5.97 Å². The van der Waals surface area contributed by atoms with E-state index in [0.717, 1.165) is 24.3 Å². The molecular weight excluding hydrogens is 248 g/mol. The minimum Gasteiger partial charge on any atom is -0.469 e. The first-order valence-electron chi connectivity index (χ1n) is 6.01. The first-order valence-corrected chi connectivity index (χ1v) is 6.38. The molecule has 3 heteroatoms. The lowest BCUT2D eigenvalue weighted by Crippen LogP contribution is -2.05. The van der Waals surface area contributed by atoms with Crippen molar-refractivity contribution in [2.24, 2.45) is 5.92 Å². The summed E-state index contributed by atoms with van der Waals surface area (Å²) in [5.74, 6) is 0.492. The highest BCUT2D eigenvalue weighted by atomic mass is 35.5. The number of hydrogen-bond acceptors (Lipinski definition) is 2. The summed E-state index contributed by atoms with van der Waals surface area (Å²) in [6, 6.07) is 4.09. The molecule has 0 saturated carbocycles. The van der Waals surface area contributed by atoms with E-state index in [1.807, 2.05) is 6.07 Å². The lowest BCUT2D eigenvalue weighted by molar-refractivity contribution is -0.139. The Balaban J connectivity index is 0.00000162. The molecule has 1 aromatic rings. The van der Waals surface area contributed by atoms with Crippen LogP contribution in [0.2, 0.25) is 5.02 Å². The van der Waals surface area contributed by atoms with Crippen LogP contribution in [0, 0.1) is 5.92 Å². The first kappa shape index (κ1) is 15.0. The number of carbonyl (C=O) groups excluding carboxylic acids is 1. The van der Waals surface area contributed by atoms with Crippen molar-refractivity contribution in [3.05, 3.63) is 33.8 Å². The van der Waals surface area contributed by atoms with Gasteiger partial charge in [0.25, 0.3) is 0 Å². The first-order chi connectivity index (χ1) is 8.13. The summed E-state index contributed by atoms with van der Waals surface area (Å²) in [6.07, 6.45) is 3.68. The monoisotopic (exact) mass is 268 g/mol. The molecule has 0 radical (unpaired) electrons. The van der Waals surface area contributed by atoms with Crippen molar-refractivity contribution >= 4 is 17.6 Å². The lowest BCUT2D eigenvalue weighted by Gasteiger charge is -2.06. The van der Waals surface area contributed by atoms with Gasteiger partial charge in [0.2, 0.25) is 0 Å². The molecule has 1 aliphatic carbocycles. The third-order valence-electron chi connectivity index (χ3n) is 3.53. The van der Waals surface area contributed by atoms with Crippen LogP contribution in [-0.4, -0.2) is 13.1 Å². The molecule has 2 nitrogen and oxygen atoms in total. The second-order valence-corrected chi connectivity index (χ2v) is 5.05. The molecule has 0 aromatic heterocycles. The molecule has 0 fully saturated rings. The quantitative estimate of drug-likeness (QED) is 0.779. The third-order valence-corrected chi connectivity index (χ3v) is 3.88. The molecule has 1 aliphatic rings. The minimum atomic E-state index is -0.239. The average Bonchev–Trinajstić information content (AvgIpc) is 2.71. The van der Waals surface area contributed by atoms with Gasteiger partial charge in [0.15, 0.2) is 0 Å². The Morgan fingerprint density at radius 3 is 2.56 bits per heavy atom. The van der Waals surface area contributed by atoms with Crippen molar-refractivity contribution in [1.29, 1.82) is 0 Å². The predicted molar refractivity (Wildman–Crippen MR) is 75.1 cm³/mol. The van der Waals surface area contributed by atoms with Crippen LogP contribution in [0.5, 0.6) is 0 Å². The van der Waals surface area contributed by atoms with E-state index in [0.29, 0.717) is 5.02 Å². The number of rotatable bonds is 3. The van der Waals surface area contributed by atoms with Crippen LogP contribution in [-0.2, 0) is 28.8 Å². The minimum absolute atomic E-state index is 0. The van der Waals surface area contributed by atoms with Gasteiger partial charge in [-0.2, -0.15) is 0 Å². The molecule has 0 bridgehead atoms. The Morgan fingerprint density at radius 2 is 2.00 bits per heavy atom. The summed E-state index contributed by atoms with van der Waals surface area (Å²) in [5.41, 5.74) is 3.57. The van der Waals surface area contributed by atoms with Crippen LogP contribution >= 0.6 is 11.6 Å². The van der Waals surface area contributed by atoms with E-state index in [9.17, 15) is 4.79 Å². The summed E-state index contributed by atoms with van der Waals surface area (Å²) in [5, 5.41) is 0.686. The highest BCUT2D eigenvalue weighted by Gasteiger charge is 2.22. The standard InChI is InChI=1S/C14H17ClO2.CH4/c1-3-9-4-10-6-12(8-14(16)17-2)13(15)7-11(10)5-9;/h6-7,9H,3-5,8H2,1-2H3;1H4. The van der Waals surface area contributed by atoms with Crippen LogP contribution in [0.1, 0.15) is 37.5 Å². The normalized spacial score (nSPS) is 16.9. The number of carbonyl (C=O) groups is 1. The molecule has 1 atom stereocenters. The summed E-state index contributed by atoms with van der Waals surface area (Å²) < 4.78 is 4.67. The van der Waals surface area contributed by atoms with E-state index >= 15 is 0 Å². The molecule has 1 aromatic carbocycles. The maximum absolute atomic E-state index is 11.3. The summed E-state index contributed by atoms with van der Waals surface area (Å²) >= 11 is 6.19.